The van der Waals surface area contributed by atoms with Crippen molar-refractivity contribution < 1.29 is 9.18 Å². The first-order valence-corrected chi connectivity index (χ1v) is 5.97. The molecule has 1 aromatic carbocycles. The van der Waals surface area contributed by atoms with E-state index in [4.69, 9.17) is 5.73 Å². The summed E-state index contributed by atoms with van der Waals surface area (Å²) in [5.74, 6) is -0.218. The number of aromatic nitrogens is 4. The number of primary amides is 1. The van der Waals surface area contributed by atoms with Crippen LogP contribution in [0.25, 0.3) is 11.4 Å². The van der Waals surface area contributed by atoms with E-state index in [1.165, 1.54) is 12.1 Å². The lowest BCUT2D eigenvalue weighted by molar-refractivity contribution is -0.118. The minimum Gasteiger partial charge on any atom is -0.370 e. The summed E-state index contributed by atoms with van der Waals surface area (Å²) < 4.78 is 13.5. The van der Waals surface area contributed by atoms with Gasteiger partial charge in [0.2, 0.25) is 5.91 Å². The highest BCUT2D eigenvalue weighted by molar-refractivity contribution is 5.73. The minimum absolute atomic E-state index is 0.312. The van der Waals surface area contributed by atoms with Crippen molar-refractivity contribution in [2.45, 2.75) is 25.7 Å². The molecule has 0 aliphatic rings. The Balaban J connectivity index is 2.03. The second-order valence-corrected chi connectivity index (χ2v) is 4.27. The molecule has 0 fully saturated rings. The fourth-order valence-electron chi connectivity index (χ4n) is 1.84. The summed E-state index contributed by atoms with van der Waals surface area (Å²) in [5, 5.41) is 13.2. The third-order valence-electron chi connectivity index (χ3n) is 2.71. The number of carbonyl (C=O) groups is 1. The van der Waals surface area contributed by atoms with E-state index in [1.54, 1.807) is 0 Å². The number of aromatic amines is 1. The molecule has 0 saturated heterocycles. The van der Waals surface area contributed by atoms with Crippen LogP contribution in [0.1, 0.15) is 24.8 Å². The van der Waals surface area contributed by atoms with Crippen LogP contribution in [0.2, 0.25) is 0 Å². The lowest BCUT2D eigenvalue weighted by Gasteiger charge is -2.04. The number of H-pyrrole nitrogens is 1. The number of halogens is 1. The maximum Gasteiger partial charge on any atom is 0.217 e. The summed E-state index contributed by atoms with van der Waals surface area (Å²) in [6, 6.07) is 4.67. The Morgan fingerprint density at radius 2 is 2.16 bits per heavy atom. The van der Waals surface area contributed by atoms with Gasteiger partial charge in [-0.1, -0.05) is 0 Å². The van der Waals surface area contributed by atoms with Crippen molar-refractivity contribution in [1.29, 1.82) is 0 Å². The number of amides is 1. The van der Waals surface area contributed by atoms with E-state index >= 15 is 0 Å². The van der Waals surface area contributed by atoms with Crippen molar-refractivity contribution >= 4 is 5.91 Å². The van der Waals surface area contributed by atoms with Gasteiger partial charge in [0.25, 0.3) is 0 Å². The molecule has 2 aromatic rings. The Bertz CT molecular complexity index is 555. The van der Waals surface area contributed by atoms with E-state index in [0.29, 0.717) is 30.7 Å². The van der Waals surface area contributed by atoms with E-state index < -0.39 is 0 Å². The molecule has 0 aliphatic heterocycles. The van der Waals surface area contributed by atoms with Gasteiger partial charge in [-0.05, 0) is 53.5 Å². The number of benzene rings is 1. The second kappa shape index (κ2) is 6.03. The van der Waals surface area contributed by atoms with Gasteiger partial charge in [0.05, 0.1) is 0 Å². The van der Waals surface area contributed by atoms with Crippen LogP contribution in [0.15, 0.2) is 18.2 Å². The topological polar surface area (TPSA) is 97.6 Å². The third kappa shape index (κ3) is 3.84. The van der Waals surface area contributed by atoms with Crippen molar-refractivity contribution in [2.75, 3.05) is 0 Å². The van der Waals surface area contributed by atoms with Gasteiger partial charge in [-0.15, -0.1) is 5.10 Å². The molecule has 1 amide bonds. The maximum absolute atomic E-state index is 13.5. The van der Waals surface area contributed by atoms with E-state index in [9.17, 15) is 9.18 Å². The third-order valence-corrected chi connectivity index (χ3v) is 2.71. The molecule has 3 N–H and O–H groups in total. The van der Waals surface area contributed by atoms with Gasteiger partial charge in [0.15, 0.2) is 5.82 Å². The normalized spacial score (nSPS) is 10.6. The largest absolute Gasteiger partial charge is 0.370 e. The average molecular weight is 263 g/mol. The first kappa shape index (κ1) is 13.1. The highest BCUT2D eigenvalue weighted by Gasteiger charge is 2.06. The predicted molar refractivity (Wildman–Crippen MR) is 66.3 cm³/mol. The predicted octanol–water partition coefficient (Wildman–Crippen LogP) is 1.20. The van der Waals surface area contributed by atoms with E-state index in [0.717, 1.165) is 12.0 Å². The smallest absolute Gasteiger partial charge is 0.217 e. The van der Waals surface area contributed by atoms with Crippen molar-refractivity contribution in [2.24, 2.45) is 5.73 Å². The molecule has 6 nitrogen and oxygen atoms in total. The fourth-order valence-corrected chi connectivity index (χ4v) is 1.84. The Morgan fingerprint density at radius 3 is 2.84 bits per heavy atom. The summed E-state index contributed by atoms with van der Waals surface area (Å²) in [5.41, 5.74) is 6.51. The molecule has 0 aliphatic carbocycles. The van der Waals surface area contributed by atoms with Crippen molar-refractivity contribution in [3.05, 3.63) is 29.6 Å². The zero-order valence-corrected chi connectivity index (χ0v) is 10.3. The van der Waals surface area contributed by atoms with Crippen molar-refractivity contribution in [1.82, 2.24) is 20.6 Å². The molecule has 7 heteroatoms. The van der Waals surface area contributed by atoms with Crippen LogP contribution in [0.3, 0.4) is 0 Å². The number of carbonyl (C=O) groups excluding carboxylic acids is 1. The quantitative estimate of drug-likeness (QED) is 0.765. The van der Waals surface area contributed by atoms with Gasteiger partial charge >= 0.3 is 0 Å². The summed E-state index contributed by atoms with van der Waals surface area (Å²) in [4.78, 5) is 10.6. The molecule has 1 aromatic heterocycles. The lowest BCUT2D eigenvalue weighted by atomic mass is 10.0. The summed E-state index contributed by atoms with van der Waals surface area (Å²) in [7, 11) is 0. The molecule has 0 bridgehead atoms. The Labute approximate surface area is 109 Å². The Morgan fingerprint density at radius 1 is 1.32 bits per heavy atom. The first-order chi connectivity index (χ1) is 9.15. The van der Waals surface area contributed by atoms with Gasteiger partial charge in [-0.3, -0.25) is 4.79 Å². The summed E-state index contributed by atoms with van der Waals surface area (Å²) in [6.07, 6.45) is 2.51. The minimum atomic E-state index is -0.334. The highest BCUT2D eigenvalue weighted by Crippen LogP contribution is 2.19. The van der Waals surface area contributed by atoms with E-state index in [1.807, 2.05) is 6.07 Å². The van der Waals surface area contributed by atoms with Crippen LogP contribution in [0.4, 0.5) is 4.39 Å². The summed E-state index contributed by atoms with van der Waals surface area (Å²) in [6.45, 7) is 0. The zero-order chi connectivity index (χ0) is 13.7. The zero-order valence-electron chi connectivity index (χ0n) is 10.3. The molecule has 1 heterocycles. The van der Waals surface area contributed by atoms with Crippen LogP contribution < -0.4 is 5.73 Å². The number of nitrogens with two attached hydrogens (primary N) is 1. The molecule has 0 unspecified atom stereocenters. The number of nitrogens with one attached hydrogen (secondary N) is 1. The second-order valence-electron chi connectivity index (χ2n) is 4.27. The number of nitrogens with zero attached hydrogens (tertiary/aromatic N) is 3. The van der Waals surface area contributed by atoms with Gasteiger partial charge in [-0.25, -0.2) is 9.49 Å². The van der Waals surface area contributed by atoms with E-state index in [-0.39, 0.29) is 11.7 Å². The number of rotatable bonds is 6. The number of tetrazole rings is 1. The molecular weight excluding hydrogens is 249 g/mol. The lowest BCUT2D eigenvalue weighted by Crippen LogP contribution is -2.09. The molecule has 0 radical (unpaired) electrons. The number of aryl methyl sites for hydroxylation is 1. The molecule has 2 rings (SSSR count). The summed E-state index contributed by atoms with van der Waals surface area (Å²) >= 11 is 0. The molecule has 0 atom stereocenters. The van der Waals surface area contributed by atoms with Gasteiger partial charge in [0.1, 0.15) is 5.82 Å². The highest BCUT2D eigenvalue weighted by atomic mass is 19.1. The molecular formula is C12H14FN5O. The fraction of sp³-hybridized carbons (Fsp3) is 0.333. The van der Waals surface area contributed by atoms with Crippen LogP contribution in [0, 0.1) is 5.82 Å². The van der Waals surface area contributed by atoms with Crippen LogP contribution in [0.5, 0.6) is 0 Å². The van der Waals surface area contributed by atoms with Gasteiger partial charge < -0.3 is 5.73 Å². The molecule has 0 spiro atoms. The van der Waals surface area contributed by atoms with E-state index in [2.05, 4.69) is 20.6 Å². The Hall–Kier alpha value is -2.31. The average Bonchev–Trinajstić information content (AvgIpc) is 2.87. The maximum atomic E-state index is 13.5. The van der Waals surface area contributed by atoms with Crippen LogP contribution in [-0.4, -0.2) is 26.5 Å². The van der Waals surface area contributed by atoms with Crippen LogP contribution in [-0.2, 0) is 11.2 Å². The molecule has 19 heavy (non-hydrogen) atoms. The van der Waals surface area contributed by atoms with Gasteiger partial charge in [-0.2, -0.15) is 0 Å². The monoisotopic (exact) mass is 263 g/mol. The molecule has 100 valence electrons. The Kier molecular flexibility index (Phi) is 4.17. The van der Waals surface area contributed by atoms with Gasteiger partial charge in [0, 0.05) is 12.0 Å². The first-order valence-electron chi connectivity index (χ1n) is 5.97. The number of hydrogen-bond donors (Lipinski definition) is 2. The van der Waals surface area contributed by atoms with Crippen LogP contribution >= 0.6 is 0 Å². The molecule has 0 saturated carbocycles. The standard InChI is InChI=1S/C12H14FN5O/c13-10-6-8(3-1-2-4-11(14)19)5-9(7-10)12-15-17-18-16-12/h5-7H,1-4H2,(H2,14,19)(H,15,16,17,18). The number of hydrogen-bond acceptors (Lipinski definition) is 4. The van der Waals surface area contributed by atoms with Crippen molar-refractivity contribution in [3.63, 3.8) is 0 Å². The van der Waals surface area contributed by atoms with Crippen molar-refractivity contribution in [3.8, 4) is 11.4 Å². The SMILES string of the molecule is NC(=O)CCCCc1cc(F)cc(-c2nnn[nH]2)c1. The number of unbranched alkanes of at least 4 members (excludes halogenated alkanes) is 1.